The second-order valence-corrected chi connectivity index (χ2v) is 2.69. The lowest BCUT2D eigenvalue weighted by Gasteiger charge is -2.10. The Morgan fingerprint density at radius 1 is 1.46 bits per heavy atom. The third-order valence-electron chi connectivity index (χ3n) is 1.17. The molecule has 1 atom stereocenters. The van der Waals surface area contributed by atoms with Crippen LogP contribution in [-0.4, -0.2) is 34.9 Å². The quantitative estimate of drug-likeness (QED) is 0.593. The molecule has 0 saturated carbocycles. The highest BCUT2D eigenvalue weighted by atomic mass is 16.5. The van der Waals surface area contributed by atoms with Crippen LogP contribution >= 0.6 is 0 Å². The highest BCUT2D eigenvalue weighted by Crippen LogP contribution is 2.01. The van der Waals surface area contributed by atoms with Gasteiger partial charge in [-0.05, 0) is 6.92 Å². The molecule has 0 radical (unpaired) electrons. The van der Waals surface area contributed by atoms with Gasteiger partial charge in [0.2, 0.25) is 0 Å². The van der Waals surface area contributed by atoms with E-state index >= 15 is 0 Å². The van der Waals surface area contributed by atoms with Gasteiger partial charge < -0.3 is 14.9 Å². The second-order valence-electron chi connectivity index (χ2n) is 2.69. The van der Waals surface area contributed by atoms with Crippen LogP contribution in [0, 0.1) is 0 Å². The minimum absolute atomic E-state index is 0.0598. The van der Waals surface area contributed by atoms with E-state index in [-0.39, 0.29) is 6.61 Å². The van der Waals surface area contributed by atoms with Gasteiger partial charge in [-0.25, -0.2) is 4.79 Å². The summed E-state index contributed by atoms with van der Waals surface area (Å²) in [6.45, 7) is 5.23. The van der Waals surface area contributed by atoms with Gasteiger partial charge in [0.25, 0.3) is 0 Å². The minimum Gasteiger partial charge on any atom is -0.481 e. The predicted molar refractivity (Wildman–Crippen MR) is 44.4 cm³/mol. The molecule has 0 heterocycles. The summed E-state index contributed by atoms with van der Waals surface area (Å²) in [7, 11) is 0. The number of carboxylic acids is 2. The number of carbonyl (C=O) groups is 2. The Labute approximate surface area is 75.6 Å². The van der Waals surface area contributed by atoms with Crippen LogP contribution in [0.2, 0.25) is 0 Å². The van der Waals surface area contributed by atoms with E-state index < -0.39 is 24.5 Å². The maximum Gasteiger partial charge on any atom is 0.333 e. The Balaban J connectivity index is 4.02. The lowest BCUT2D eigenvalue weighted by molar-refractivity contribution is -0.156. The van der Waals surface area contributed by atoms with E-state index in [0.29, 0.717) is 5.57 Å². The molecule has 0 bridgehead atoms. The fourth-order valence-electron chi connectivity index (χ4n) is 0.619. The van der Waals surface area contributed by atoms with E-state index in [9.17, 15) is 9.59 Å². The third-order valence-corrected chi connectivity index (χ3v) is 1.17. The van der Waals surface area contributed by atoms with Gasteiger partial charge in [0.15, 0.2) is 6.10 Å². The third kappa shape index (κ3) is 5.86. The van der Waals surface area contributed by atoms with Crippen LogP contribution in [0.5, 0.6) is 0 Å². The molecule has 0 aromatic carbocycles. The van der Waals surface area contributed by atoms with Gasteiger partial charge in [-0.15, -0.1) is 0 Å². The summed E-state index contributed by atoms with van der Waals surface area (Å²) in [5, 5.41) is 16.8. The van der Waals surface area contributed by atoms with Gasteiger partial charge in [-0.3, -0.25) is 4.79 Å². The Morgan fingerprint density at radius 2 is 2.00 bits per heavy atom. The van der Waals surface area contributed by atoms with Crippen LogP contribution in [0.3, 0.4) is 0 Å². The molecule has 0 aromatic rings. The number of hydrogen-bond acceptors (Lipinski definition) is 3. The molecule has 5 nitrogen and oxygen atoms in total. The zero-order valence-corrected chi connectivity index (χ0v) is 7.32. The van der Waals surface area contributed by atoms with E-state index in [1.165, 1.54) is 0 Å². The van der Waals surface area contributed by atoms with Crippen molar-refractivity contribution in [1.29, 1.82) is 0 Å². The molecule has 2 N–H and O–H groups in total. The first kappa shape index (κ1) is 11.6. The number of carboxylic acid groups (broad SMARTS) is 2. The van der Waals surface area contributed by atoms with Crippen molar-refractivity contribution in [2.45, 2.75) is 19.4 Å². The molecule has 0 aliphatic heterocycles. The van der Waals surface area contributed by atoms with E-state index in [2.05, 4.69) is 6.58 Å². The first-order valence-corrected chi connectivity index (χ1v) is 3.64. The van der Waals surface area contributed by atoms with Gasteiger partial charge >= 0.3 is 11.9 Å². The van der Waals surface area contributed by atoms with Gasteiger partial charge in [0, 0.05) is 0 Å². The van der Waals surface area contributed by atoms with E-state index in [4.69, 9.17) is 14.9 Å². The van der Waals surface area contributed by atoms with Gasteiger partial charge in [0.05, 0.1) is 13.0 Å². The molecular weight excluding hydrogens is 176 g/mol. The van der Waals surface area contributed by atoms with Crippen LogP contribution in [0.25, 0.3) is 0 Å². The molecule has 5 heteroatoms. The summed E-state index contributed by atoms with van der Waals surface area (Å²) in [5.74, 6) is -2.47. The maximum atomic E-state index is 10.4. The van der Waals surface area contributed by atoms with E-state index in [1.807, 2.05) is 0 Å². The first-order valence-electron chi connectivity index (χ1n) is 3.64. The Kier molecular flexibility index (Phi) is 4.76. The maximum absolute atomic E-state index is 10.4. The number of aliphatic carboxylic acids is 2. The van der Waals surface area contributed by atoms with Crippen molar-refractivity contribution >= 4 is 11.9 Å². The molecule has 0 amide bonds. The van der Waals surface area contributed by atoms with Crippen molar-refractivity contribution in [3.8, 4) is 0 Å². The average Bonchev–Trinajstić information content (AvgIpc) is 1.96. The van der Waals surface area contributed by atoms with Gasteiger partial charge in [-0.2, -0.15) is 0 Å². The average molecular weight is 188 g/mol. The molecule has 74 valence electrons. The molecular formula is C8H12O5. The molecule has 1 unspecified atom stereocenters. The zero-order chi connectivity index (χ0) is 10.4. The molecule has 0 rings (SSSR count). The van der Waals surface area contributed by atoms with Crippen molar-refractivity contribution in [3.05, 3.63) is 12.2 Å². The summed E-state index contributed by atoms with van der Waals surface area (Å²) in [4.78, 5) is 20.6. The number of ether oxygens (including phenoxy) is 1. The fraction of sp³-hybridized carbons (Fsp3) is 0.500. The smallest absolute Gasteiger partial charge is 0.333 e. The molecule has 0 aromatic heterocycles. The van der Waals surface area contributed by atoms with Crippen molar-refractivity contribution in [3.63, 3.8) is 0 Å². The normalized spacial score (nSPS) is 12.1. The Hall–Kier alpha value is -1.36. The number of hydrogen-bond donors (Lipinski definition) is 2. The molecule has 0 aliphatic carbocycles. The van der Waals surface area contributed by atoms with Crippen molar-refractivity contribution in [1.82, 2.24) is 0 Å². The van der Waals surface area contributed by atoms with Gasteiger partial charge in [-0.1, -0.05) is 12.2 Å². The van der Waals surface area contributed by atoms with Crippen molar-refractivity contribution in [2.75, 3.05) is 6.61 Å². The molecule has 13 heavy (non-hydrogen) atoms. The number of rotatable bonds is 6. The van der Waals surface area contributed by atoms with Crippen LogP contribution in [0.15, 0.2) is 12.2 Å². The fourth-order valence-corrected chi connectivity index (χ4v) is 0.619. The van der Waals surface area contributed by atoms with Crippen LogP contribution in [0.4, 0.5) is 0 Å². The summed E-state index contributed by atoms with van der Waals surface area (Å²) in [6.07, 6.45) is -1.84. The summed E-state index contributed by atoms with van der Waals surface area (Å²) < 4.78 is 4.80. The summed E-state index contributed by atoms with van der Waals surface area (Å²) in [5.41, 5.74) is 0.650. The van der Waals surface area contributed by atoms with Gasteiger partial charge in [0.1, 0.15) is 0 Å². The minimum atomic E-state index is -1.30. The molecule has 0 saturated heterocycles. The predicted octanol–water partition coefficient (Wildman–Crippen LogP) is 0.507. The monoisotopic (exact) mass is 188 g/mol. The van der Waals surface area contributed by atoms with Crippen LogP contribution in [0.1, 0.15) is 13.3 Å². The summed E-state index contributed by atoms with van der Waals surface area (Å²) in [6, 6.07) is 0. The lowest BCUT2D eigenvalue weighted by Crippen LogP contribution is -2.27. The molecule has 0 aliphatic rings. The summed E-state index contributed by atoms with van der Waals surface area (Å²) >= 11 is 0. The topological polar surface area (TPSA) is 83.8 Å². The first-order chi connectivity index (χ1) is 5.93. The highest BCUT2D eigenvalue weighted by Gasteiger charge is 2.21. The van der Waals surface area contributed by atoms with E-state index in [1.54, 1.807) is 6.92 Å². The lowest BCUT2D eigenvalue weighted by atomic mass is 10.2. The van der Waals surface area contributed by atoms with Crippen LogP contribution < -0.4 is 0 Å². The Bertz CT molecular complexity index is 221. The van der Waals surface area contributed by atoms with E-state index in [0.717, 1.165) is 0 Å². The molecule has 0 spiro atoms. The second kappa shape index (κ2) is 5.31. The van der Waals surface area contributed by atoms with Crippen molar-refractivity contribution in [2.24, 2.45) is 0 Å². The largest absolute Gasteiger partial charge is 0.481 e. The SMILES string of the molecule is C=C(C)COC(CC(=O)O)C(=O)O. The molecule has 0 fully saturated rings. The zero-order valence-electron chi connectivity index (χ0n) is 7.32. The van der Waals surface area contributed by atoms with Crippen LogP contribution in [-0.2, 0) is 14.3 Å². The highest BCUT2D eigenvalue weighted by molar-refractivity contribution is 5.79. The van der Waals surface area contributed by atoms with Crippen molar-refractivity contribution < 1.29 is 24.5 Å². The standard InChI is InChI=1S/C8H12O5/c1-5(2)4-13-6(8(11)12)3-7(9)10/h6H,1,3-4H2,2H3,(H,9,10)(H,11,12). The Morgan fingerprint density at radius 3 is 2.31 bits per heavy atom.